The van der Waals surface area contributed by atoms with E-state index in [2.05, 4.69) is 10.6 Å². The van der Waals surface area contributed by atoms with Crippen LogP contribution in [0.1, 0.15) is 84.0 Å². The van der Waals surface area contributed by atoms with Gasteiger partial charge in [-0.25, -0.2) is 4.79 Å². The molecule has 14 heteroatoms. The summed E-state index contributed by atoms with van der Waals surface area (Å²) < 4.78 is 21.6. The molecule has 3 rings (SSSR count). The molecule has 5 atom stereocenters. The first kappa shape index (κ1) is 40.0. The molecule has 1 aliphatic rings. The third-order valence-corrected chi connectivity index (χ3v) is 7.33. The molecule has 268 valence electrons. The van der Waals surface area contributed by atoms with E-state index in [-0.39, 0.29) is 35.3 Å². The molecule has 4 N–H and O–H groups in total. The molecule has 0 aliphatic carbocycles. The number of esters is 4. The highest BCUT2D eigenvalue weighted by atomic mass is 16.6. The quantitative estimate of drug-likeness (QED) is 0.0612. The lowest BCUT2D eigenvalue weighted by Gasteiger charge is -2.29. The van der Waals surface area contributed by atoms with E-state index in [1.54, 1.807) is 0 Å². The van der Waals surface area contributed by atoms with Crippen molar-refractivity contribution in [2.24, 2.45) is 11.8 Å². The van der Waals surface area contributed by atoms with Crippen LogP contribution in [-0.4, -0.2) is 70.8 Å². The van der Waals surface area contributed by atoms with Crippen molar-refractivity contribution in [3.05, 3.63) is 48.0 Å². The van der Waals surface area contributed by atoms with Gasteiger partial charge in [0.2, 0.25) is 6.41 Å². The van der Waals surface area contributed by atoms with E-state index in [9.17, 15) is 33.9 Å². The highest BCUT2D eigenvalue weighted by molar-refractivity contribution is 6.01. The molecule has 2 aromatic rings. The van der Waals surface area contributed by atoms with Crippen LogP contribution in [0.15, 0.2) is 42.5 Å². The van der Waals surface area contributed by atoms with Crippen LogP contribution >= 0.6 is 0 Å². The number of carbonyl (C=O) groups excluding carboxylic acids is 6. The summed E-state index contributed by atoms with van der Waals surface area (Å²) in [6.07, 6.45) is 0.0639. The number of carbonyl (C=O) groups is 6. The molecule has 0 saturated carbocycles. The van der Waals surface area contributed by atoms with Crippen molar-refractivity contribution < 1.29 is 57.9 Å². The minimum atomic E-state index is -1.42. The van der Waals surface area contributed by atoms with Crippen LogP contribution in [0.25, 0.3) is 0 Å². The average Bonchev–Trinajstić information content (AvgIpc) is 3.04. The highest BCUT2D eigenvalue weighted by Crippen LogP contribution is 2.29. The average molecular weight is 687 g/mol. The van der Waals surface area contributed by atoms with Crippen LogP contribution in [0.3, 0.4) is 0 Å². The van der Waals surface area contributed by atoms with Crippen LogP contribution < -0.4 is 15.4 Å². The number of aromatic hydroxyl groups is 2. The molecule has 2 aromatic carbocycles. The molecule has 0 aromatic heterocycles. The molecule has 1 heterocycles. The monoisotopic (exact) mass is 686 g/mol. The Hall–Kier alpha value is -5.14. The lowest BCUT2D eigenvalue weighted by molar-refractivity contribution is -0.175. The van der Waals surface area contributed by atoms with Crippen molar-refractivity contribution in [3.63, 3.8) is 0 Å². The smallest absolute Gasteiger partial charge is 0.332 e. The van der Waals surface area contributed by atoms with Crippen LogP contribution in [0.2, 0.25) is 0 Å². The number of hydrogen-bond acceptors (Lipinski definition) is 12. The molecule has 1 fully saturated rings. The zero-order valence-electron chi connectivity index (χ0n) is 28.6. The van der Waals surface area contributed by atoms with Gasteiger partial charge in [0.15, 0.2) is 17.9 Å². The number of anilines is 1. The van der Waals surface area contributed by atoms with Gasteiger partial charge in [0, 0.05) is 13.3 Å². The number of unbranched alkanes of at least 4 members (excludes halogenated alkanes) is 2. The third-order valence-electron chi connectivity index (χ3n) is 7.33. The van der Waals surface area contributed by atoms with Crippen molar-refractivity contribution in [1.29, 1.82) is 0 Å². The fourth-order valence-electron chi connectivity index (χ4n) is 4.90. The van der Waals surface area contributed by atoms with E-state index in [4.69, 9.17) is 24.1 Å². The van der Waals surface area contributed by atoms with Gasteiger partial charge in [-0.1, -0.05) is 46.1 Å². The number of rotatable bonds is 12. The highest BCUT2D eigenvalue weighted by Gasteiger charge is 2.44. The normalized spacial score (nSPS) is 20.5. The van der Waals surface area contributed by atoms with Gasteiger partial charge in [0.25, 0.3) is 5.91 Å². The van der Waals surface area contributed by atoms with Crippen LogP contribution in [-0.2, 0) is 38.2 Å². The Labute approximate surface area is 285 Å². The molecule has 14 nitrogen and oxygen atoms in total. The first-order valence-electron chi connectivity index (χ1n) is 16.1. The number of cyclic esters (lactones) is 2. The summed E-state index contributed by atoms with van der Waals surface area (Å²) in [4.78, 5) is 73.1. The van der Waals surface area contributed by atoms with Crippen molar-refractivity contribution in [2.45, 2.75) is 98.0 Å². The van der Waals surface area contributed by atoms with Crippen molar-refractivity contribution in [3.8, 4) is 17.2 Å². The van der Waals surface area contributed by atoms with Gasteiger partial charge in [-0.2, -0.15) is 0 Å². The van der Waals surface area contributed by atoms with Gasteiger partial charge in [0.05, 0.1) is 17.2 Å². The Bertz CT molecular complexity index is 1440. The van der Waals surface area contributed by atoms with Gasteiger partial charge >= 0.3 is 23.9 Å². The fourth-order valence-corrected chi connectivity index (χ4v) is 4.90. The minimum Gasteiger partial charge on any atom is -0.508 e. The van der Waals surface area contributed by atoms with E-state index in [1.807, 2.05) is 20.8 Å². The summed E-state index contributed by atoms with van der Waals surface area (Å²) in [5.74, 6) is -4.05. The maximum atomic E-state index is 13.3. The Kier molecular flexibility index (Phi) is 16.0. The zero-order valence-corrected chi connectivity index (χ0v) is 28.6. The van der Waals surface area contributed by atoms with E-state index >= 15 is 0 Å². The van der Waals surface area contributed by atoms with E-state index in [1.165, 1.54) is 63.2 Å². The van der Waals surface area contributed by atoms with Gasteiger partial charge in [-0.15, -0.1) is 0 Å². The summed E-state index contributed by atoms with van der Waals surface area (Å²) in [5, 5.41) is 23.9. The van der Waals surface area contributed by atoms with E-state index < -0.39 is 59.8 Å². The first-order chi connectivity index (χ1) is 23.2. The molecular formula is C35H46N2O12. The molecule has 5 unspecified atom stereocenters. The second-order valence-corrected chi connectivity index (χ2v) is 11.9. The fraction of sp³-hybridized carbons (Fsp3) is 0.486. The van der Waals surface area contributed by atoms with Crippen molar-refractivity contribution in [1.82, 2.24) is 5.32 Å². The number of phenols is 2. The Morgan fingerprint density at radius 3 is 2.20 bits per heavy atom. The molecule has 49 heavy (non-hydrogen) atoms. The Morgan fingerprint density at radius 2 is 1.61 bits per heavy atom. The van der Waals surface area contributed by atoms with Crippen LogP contribution in [0.5, 0.6) is 17.2 Å². The van der Waals surface area contributed by atoms with Crippen LogP contribution in [0, 0.1) is 11.8 Å². The first-order valence-corrected chi connectivity index (χ1v) is 16.1. The molecule has 0 spiro atoms. The predicted octanol–water partition coefficient (Wildman–Crippen LogP) is 4.41. The summed E-state index contributed by atoms with van der Waals surface area (Å²) in [5.41, 5.74) is -0.215. The number of phenolic OH excluding ortho intramolecular Hbond substituents is 2. The minimum absolute atomic E-state index is 0.00114. The Morgan fingerprint density at radius 1 is 0.959 bits per heavy atom. The van der Waals surface area contributed by atoms with Crippen LogP contribution in [0.4, 0.5) is 5.69 Å². The van der Waals surface area contributed by atoms with Gasteiger partial charge in [-0.3, -0.25) is 24.0 Å². The number of ether oxygens (including phenoxy) is 4. The number of para-hydroxylation sites is 1. The molecule has 1 saturated heterocycles. The number of hydrogen-bond donors (Lipinski definition) is 4. The standard InChI is InChI=1S/C27H38N2O9.C8H8O3/c1-6-7-8-10-19-24(38-21(31)13-15(2)3)17(5)37-27(35)22(16(4)36-26(19)34)29-25(33)18-11-9-12-20(23(18)32)28-14-30;1-6(9)11-8-4-2-7(10)3-5-8/h9,11-12,14-17,19,22,24,32H,6-8,10,13H2,1-5H3,(H,28,30)(H,29,33);2-5,10H,1H3. The molecule has 0 radical (unpaired) electrons. The predicted molar refractivity (Wildman–Crippen MR) is 177 cm³/mol. The lowest BCUT2D eigenvalue weighted by atomic mass is 9.92. The van der Waals surface area contributed by atoms with Gasteiger partial charge in [-0.05, 0) is 62.6 Å². The second-order valence-electron chi connectivity index (χ2n) is 11.9. The van der Waals surface area contributed by atoms with Gasteiger partial charge in [0.1, 0.15) is 23.7 Å². The largest absolute Gasteiger partial charge is 0.508 e. The SMILES string of the molecule is CC(=O)Oc1ccc(O)cc1.CCCCCC1C(=O)OC(C)C(NC(=O)c2cccc(NC=O)c2O)C(=O)OC(C)C1OC(=O)CC(C)C. The maximum Gasteiger partial charge on any atom is 0.332 e. The van der Waals surface area contributed by atoms with E-state index in [0.29, 0.717) is 25.0 Å². The third kappa shape index (κ3) is 12.8. The number of amides is 2. The molecular weight excluding hydrogens is 640 g/mol. The number of benzene rings is 2. The summed E-state index contributed by atoms with van der Waals surface area (Å²) in [6, 6.07) is 8.67. The van der Waals surface area contributed by atoms with E-state index in [0.717, 1.165) is 12.8 Å². The molecule has 1 aliphatic heterocycles. The lowest BCUT2D eigenvalue weighted by Crippen LogP contribution is -2.50. The second kappa shape index (κ2) is 19.6. The van der Waals surface area contributed by atoms with Crippen molar-refractivity contribution >= 4 is 41.9 Å². The van der Waals surface area contributed by atoms with Gasteiger partial charge < -0.3 is 39.8 Å². The molecule has 0 bridgehead atoms. The summed E-state index contributed by atoms with van der Waals surface area (Å²) in [6.45, 7) is 10.0. The van der Waals surface area contributed by atoms with Crippen molar-refractivity contribution in [2.75, 3.05) is 5.32 Å². The zero-order chi connectivity index (χ0) is 36.7. The summed E-state index contributed by atoms with van der Waals surface area (Å²) >= 11 is 0. The number of nitrogens with one attached hydrogen (secondary N) is 2. The molecule has 2 amide bonds. The summed E-state index contributed by atoms with van der Waals surface area (Å²) in [7, 11) is 0. The maximum absolute atomic E-state index is 13.3. The topological polar surface area (TPSA) is 204 Å². The Balaban J connectivity index is 0.000000639.